The summed E-state index contributed by atoms with van der Waals surface area (Å²) in [6.45, 7) is 2.01. The number of benzene rings is 3. The maximum atomic E-state index is 12.9. The van der Waals surface area contributed by atoms with Crippen molar-refractivity contribution in [2.45, 2.75) is 11.8 Å². The fraction of sp³-hybridized carbons (Fsp3) is 0.0526. The lowest BCUT2D eigenvalue weighted by Crippen LogP contribution is -2.12. The fourth-order valence-corrected chi connectivity index (χ4v) is 3.40. The summed E-state index contributed by atoms with van der Waals surface area (Å²) in [4.78, 5) is 0.0101. The molecule has 0 aromatic heterocycles. The molecule has 0 radical (unpaired) electrons. The zero-order chi connectivity index (χ0) is 17.9. The molecule has 6 heteroatoms. The summed E-state index contributed by atoms with van der Waals surface area (Å²) >= 11 is 0. The van der Waals surface area contributed by atoms with E-state index in [1.807, 2.05) is 31.2 Å². The van der Waals surface area contributed by atoms with E-state index < -0.39 is 15.8 Å². The molecule has 0 saturated carbocycles. The van der Waals surface area contributed by atoms with Gasteiger partial charge in [-0.3, -0.25) is 4.72 Å². The number of halogens is 1. The third-order valence-electron chi connectivity index (χ3n) is 3.57. The van der Waals surface area contributed by atoms with Gasteiger partial charge < -0.3 is 5.32 Å². The number of hydrogen-bond donors (Lipinski definition) is 2. The molecule has 0 bridgehead atoms. The average molecular weight is 356 g/mol. The zero-order valence-corrected chi connectivity index (χ0v) is 14.3. The maximum absolute atomic E-state index is 12.9. The molecular formula is C19H17FN2O2S. The predicted molar refractivity (Wildman–Crippen MR) is 98.1 cm³/mol. The molecule has 4 nitrogen and oxygen atoms in total. The number of aryl methyl sites for hydroxylation is 1. The average Bonchev–Trinajstić information content (AvgIpc) is 2.57. The van der Waals surface area contributed by atoms with Gasteiger partial charge in [0.15, 0.2) is 0 Å². The zero-order valence-electron chi connectivity index (χ0n) is 13.5. The van der Waals surface area contributed by atoms with Gasteiger partial charge in [-0.15, -0.1) is 0 Å². The van der Waals surface area contributed by atoms with Crippen LogP contribution in [0, 0.1) is 12.7 Å². The Labute approximate surface area is 146 Å². The smallest absolute Gasteiger partial charge is 0.261 e. The van der Waals surface area contributed by atoms with Gasteiger partial charge in [-0.1, -0.05) is 12.1 Å². The lowest BCUT2D eigenvalue weighted by Gasteiger charge is -2.10. The summed E-state index contributed by atoms with van der Waals surface area (Å²) in [5.74, 6) is -0.481. The van der Waals surface area contributed by atoms with Gasteiger partial charge in [-0.05, 0) is 73.2 Å². The quantitative estimate of drug-likeness (QED) is 0.698. The van der Waals surface area contributed by atoms with Gasteiger partial charge in [-0.25, -0.2) is 12.8 Å². The molecule has 0 aliphatic heterocycles. The van der Waals surface area contributed by atoms with Gasteiger partial charge in [0, 0.05) is 17.1 Å². The van der Waals surface area contributed by atoms with E-state index in [0.717, 1.165) is 29.1 Å². The van der Waals surface area contributed by atoms with Gasteiger partial charge >= 0.3 is 0 Å². The molecule has 0 spiro atoms. The second-order valence-electron chi connectivity index (χ2n) is 5.63. The van der Waals surface area contributed by atoms with E-state index in [1.165, 1.54) is 12.1 Å². The Morgan fingerprint density at radius 2 is 1.44 bits per heavy atom. The molecule has 2 N–H and O–H groups in total. The van der Waals surface area contributed by atoms with Crippen molar-refractivity contribution in [3.05, 3.63) is 84.2 Å². The van der Waals surface area contributed by atoms with Crippen molar-refractivity contribution in [1.29, 1.82) is 0 Å². The van der Waals surface area contributed by atoms with Crippen LogP contribution in [0.4, 0.5) is 21.5 Å². The van der Waals surface area contributed by atoms with Crippen LogP contribution >= 0.6 is 0 Å². The Hall–Kier alpha value is -2.86. The van der Waals surface area contributed by atoms with E-state index in [4.69, 9.17) is 0 Å². The number of rotatable bonds is 5. The van der Waals surface area contributed by atoms with Crippen molar-refractivity contribution < 1.29 is 12.8 Å². The largest absolute Gasteiger partial charge is 0.356 e. The highest BCUT2D eigenvalue weighted by molar-refractivity contribution is 7.92. The summed E-state index contributed by atoms with van der Waals surface area (Å²) in [5.41, 5.74) is 3.38. The van der Waals surface area contributed by atoms with E-state index in [-0.39, 0.29) is 4.90 Å². The van der Waals surface area contributed by atoms with E-state index in [2.05, 4.69) is 10.0 Å². The van der Waals surface area contributed by atoms with Crippen LogP contribution in [0.1, 0.15) is 5.56 Å². The van der Waals surface area contributed by atoms with Gasteiger partial charge in [0.25, 0.3) is 10.0 Å². The molecule has 25 heavy (non-hydrogen) atoms. The lowest BCUT2D eigenvalue weighted by atomic mass is 10.2. The van der Waals surface area contributed by atoms with Gasteiger partial charge in [-0.2, -0.15) is 0 Å². The van der Waals surface area contributed by atoms with Crippen LogP contribution in [0.2, 0.25) is 0 Å². The van der Waals surface area contributed by atoms with Crippen molar-refractivity contribution in [2.24, 2.45) is 0 Å². The summed E-state index contributed by atoms with van der Waals surface area (Å²) in [6.07, 6.45) is 0. The molecule has 0 unspecified atom stereocenters. The molecule has 0 atom stereocenters. The van der Waals surface area contributed by atoms with Gasteiger partial charge in [0.1, 0.15) is 5.82 Å². The Bertz CT molecular complexity index is 969. The first-order valence-corrected chi connectivity index (χ1v) is 9.13. The minimum atomic E-state index is -3.74. The molecular weight excluding hydrogens is 339 g/mol. The van der Waals surface area contributed by atoms with Crippen LogP contribution in [-0.2, 0) is 10.0 Å². The van der Waals surface area contributed by atoms with Crippen molar-refractivity contribution >= 4 is 27.1 Å². The van der Waals surface area contributed by atoms with Gasteiger partial charge in [0.05, 0.1) is 4.90 Å². The van der Waals surface area contributed by atoms with E-state index in [9.17, 15) is 12.8 Å². The normalized spacial score (nSPS) is 11.1. The number of anilines is 3. The molecule has 128 valence electrons. The first-order valence-electron chi connectivity index (χ1n) is 7.64. The molecule has 0 heterocycles. The molecule has 0 amide bonds. The van der Waals surface area contributed by atoms with E-state index in [1.54, 1.807) is 24.3 Å². The van der Waals surface area contributed by atoms with Crippen LogP contribution in [0.3, 0.4) is 0 Å². The summed E-state index contributed by atoms with van der Waals surface area (Å²) < 4.78 is 40.0. The first kappa shape index (κ1) is 17.0. The minimum Gasteiger partial charge on any atom is -0.356 e. The van der Waals surface area contributed by atoms with Crippen molar-refractivity contribution in [1.82, 2.24) is 0 Å². The molecule has 0 fully saturated rings. The fourth-order valence-electron chi connectivity index (χ4n) is 2.34. The maximum Gasteiger partial charge on any atom is 0.261 e. The Balaban J connectivity index is 1.73. The monoisotopic (exact) mass is 356 g/mol. The molecule has 3 rings (SSSR count). The van der Waals surface area contributed by atoms with Crippen molar-refractivity contribution in [3.63, 3.8) is 0 Å². The number of hydrogen-bond acceptors (Lipinski definition) is 3. The van der Waals surface area contributed by atoms with E-state index in [0.29, 0.717) is 5.69 Å². The summed E-state index contributed by atoms with van der Waals surface area (Å²) in [7, 11) is -3.74. The van der Waals surface area contributed by atoms with Crippen LogP contribution in [0.5, 0.6) is 0 Å². The molecule has 0 saturated heterocycles. The standard InChI is InChI=1S/C19H17FN2O2S/c1-14-3-2-4-18(13-14)21-16-7-9-17(10-8-16)22-25(23,24)19-11-5-15(20)6-12-19/h2-13,21-22H,1H3. The highest BCUT2D eigenvalue weighted by atomic mass is 32.2. The highest BCUT2D eigenvalue weighted by Crippen LogP contribution is 2.21. The third-order valence-corrected chi connectivity index (χ3v) is 4.97. The minimum absolute atomic E-state index is 0.0101. The molecule has 0 aliphatic rings. The molecule has 3 aromatic carbocycles. The van der Waals surface area contributed by atoms with Gasteiger partial charge in [0.2, 0.25) is 0 Å². The summed E-state index contributed by atoms with van der Waals surface area (Å²) in [6, 6.07) is 19.5. The second-order valence-corrected chi connectivity index (χ2v) is 7.31. The molecule has 3 aromatic rings. The van der Waals surface area contributed by atoms with Crippen LogP contribution in [0.15, 0.2) is 77.7 Å². The van der Waals surface area contributed by atoms with Crippen molar-refractivity contribution in [3.8, 4) is 0 Å². The second kappa shape index (κ2) is 6.94. The Morgan fingerprint density at radius 3 is 2.08 bits per heavy atom. The van der Waals surface area contributed by atoms with Crippen molar-refractivity contribution in [2.75, 3.05) is 10.0 Å². The summed E-state index contributed by atoms with van der Waals surface area (Å²) in [5, 5.41) is 3.25. The Morgan fingerprint density at radius 1 is 0.800 bits per heavy atom. The number of nitrogens with one attached hydrogen (secondary N) is 2. The topological polar surface area (TPSA) is 58.2 Å². The van der Waals surface area contributed by atoms with Crippen LogP contribution < -0.4 is 10.0 Å². The molecule has 0 aliphatic carbocycles. The van der Waals surface area contributed by atoms with Crippen LogP contribution in [0.25, 0.3) is 0 Å². The highest BCUT2D eigenvalue weighted by Gasteiger charge is 2.14. The predicted octanol–water partition coefficient (Wildman–Crippen LogP) is 4.68. The Kier molecular flexibility index (Phi) is 4.72. The van der Waals surface area contributed by atoms with E-state index >= 15 is 0 Å². The SMILES string of the molecule is Cc1cccc(Nc2ccc(NS(=O)(=O)c3ccc(F)cc3)cc2)c1. The third kappa shape index (κ3) is 4.36. The lowest BCUT2D eigenvalue weighted by molar-refractivity contribution is 0.599. The first-order chi connectivity index (χ1) is 11.9. The number of sulfonamides is 1. The van der Waals surface area contributed by atoms with Crippen LogP contribution in [-0.4, -0.2) is 8.42 Å².